The Morgan fingerprint density at radius 3 is 2.57 bits per heavy atom. The highest BCUT2D eigenvalue weighted by atomic mass is 16.7. The van der Waals surface area contributed by atoms with E-state index in [0.29, 0.717) is 6.42 Å². The van der Waals surface area contributed by atoms with E-state index in [1.165, 1.54) is 0 Å². The molecular formula is C15H32N4O4. The molecule has 0 radical (unpaired) electrons. The summed E-state index contributed by atoms with van der Waals surface area (Å²) in [5.74, 6) is 0. The fourth-order valence-electron chi connectivity index (χ4n) is 3.55. The van der Waals surface area contributed by atoms with Crippen LogP contribution in [0.15, 0.2) is 0 Å². The fourth-order valence-corrected chi connectivity index (χ4v) is 3.55. The Labute approximate surface area is 138 Å². The SMILES string of the molecule is CNC[C@H]1CC[C@H](N)[C@@H](O[C@H]2[C@@H](O)[C@@H](NC)[C@@H](OC)C[C@@H]2N)O1. The van der Waals surface area contributed by atoms with Gasteiger partial charge in [-0.25, -0.2) is 0 Å². The third-order valence-corrected chi connectivity index (χ3v) is 4.89. The number of aliphatic hydroxyl groups is 1. The zero-order valence-corrected chi connectivity index (χ0v) is 14.3. The van der Waals surface area contributed by atoms with Crippen LogP contribution < -0.4 is 22.1 Å². The van der Waals surface area contributed by atoms with E-state index in [4.69, 9.17) is 25.7 Å². The third-order valence-electron chi connectivity index (χ3n) is 4.89. The van der Waals surface area contributed by atoms with Crippen molar-refractivity contribution < 1.29 is 19.3 Å². The van der Waals surface area contributed by atoms with Gasteiger partial charge in [0, 0.05) is 19.7 Å². The van der Waals surface area contributed by atoms with E-state index in [1.807, 2.05) is 7.05 Å². The predicted octanol–water partition coefficient (Wildman–Crippen LogP) is -1.88. The monoisotopic (exact) mass is 332 g/mol. The fraction of sp³-hybridized carbons (Fsp3) is 1.00. The number of ether oxygens (including phenoxy) is 3. The van der Waals surface area contributed by atoms with Crippen molar-refractivity contribution in [3.05, 3.63) is 0 Å². The second kappa shape index (κ2) is 8.68. The Morgan fingerprint density at radius 1 is 1.22 bits per heavy atom. The molecule has 136 valence electrons. The molecule has 0 spiro atoms. The van der Waals surface area contributed by atoms with Crippen LogP contribution in [0.3, 0.4) is 0 Å². The minimum absolute atomic E-state index is 0.0635. The lowest BCUT2D eigenvalue weighted by molar-refractivity contribution is -0.250. The van der Waals surface area contributed by atoms with Gasteiger partial charge >= 0.3 is 0 Å². The summed E-state index contributed by atoms with van der Waals surface area (Å²) in [6.07, 6.45) is 0.362. The van der Waals surface area contributed by atoms with Gasteiger partial charge in [0.15, 0.2) is 6.29 Å². The van der Waals surface area contributed by atoms with Crippen LogP contribution in [-0.4, -0.2) is 81.7 Å². The van der Waals surface area contributed by atoms with Crippen molar-refractivity contribution in [1.82, 2.24) is 10.6 Å². The molecule has 2 fully saturated rings. The normalized spacial score (nSPS) is 45.1. The average molecular weight is 332 g/mol. The highest BCUT2D eigenvalue weighted by Gasteiger charge is 2.45. The van der Waals surface area contributed by atoms with Gasteiger partial charge in [-0.3, -0.25) is 0 Å². The first-order chi connectivity index (χ1) is 11.0. The topological polar surface area (TPSA) is 124 Å². The summed E-state index contributed by atoms with van der Waals surface area (Å²) < 4.78 is 17.4. The van der Waals surface area contributed by atoms with Crippen LogP contribution in [0.1, 0.15) is 19.3 Å². The Morgan fingerprint density at radius 2 is 1.96 bits per heavy atom. The highest BCUT2D eigenvalue weighted by molar-refractivity contribution is 5.00. The molecule has 8 atom stereocenters. The first-order valence-electron chi connectivity index (χ1n) is 8.36. The zero-order valence-electron chi connectivity index (χ0n) is 14.3. The number of hydrogen-bond acceptors (Lipinski definition) is 8. The van der Waals surface area contributed by atoms with Gasteiger partial charge in [-0.2, -0.15) is 0 Å². The van der Waals surface area contributed by atoms with Crippen LogP contribution in [0.4, 0.5) is 0 Å². The Balaban J connectivity index is 2.02. The maximum Gasteiger partial charge on any atom is 0.173 e. The van der Waals surface area contributed by atoms with Crippen LogP contribution in [-0.2, 0) is 14.2 Å². The number of nitrogens with one attached hydrogen (secondary N) is 2. The second-order valence-electron chi connectivity index (χ2n) is 6.50. The Kier molecular flexibility index (Phi) is 7.18. The van der Waals surface area contributed by atoms with E-state index in [1.54, 1.807) is 14.2 Å². The zero-order chi connectivity index (χ0) is 17.0. The second-order valence-corrected chi connectivity index (χ2v) is 6.50. The van der Waals surface area contributed by atoms with Crippen molar-refractivity contribution >= 4 is 0 Å². The Hall–Kier alpha value is -0.320. The van der Waals surface area contributed by atoms with E-state index in [0.717, 1.165) is 19.4 Å². The summed E-state index contributed by atoms with van der Waals surface area (Å²) in [7, 11) is 5.30. The van der Waals surface area contributed by atoms with Crippen LogP contribution >= 0.6 is 0 Å². The van der Waals surface area contributed by atoms with Gasteiger partial charge in [0.2, 0.25) is 0 Å². The standard InChI is InChI=1S/C15H32N4O4/c1-18-7-8-4-5-9(16)15(22-8)23-14-10(17)6-11(21-3)12(19-2)13(14)20/h8-15,18-20H,4-7,16-17H2,1-3H3/t8-,9+,10+,11+,12+,13+,14-,15-/m1/s1. The largest absolute Gasteiger partial charge is 0.389 e. The molecule has 1 saturated carbocycles. The quantitative estimate of drug-likeness (QED) is 0.383. The van der Waals surface area contributed by atoms with E-state index < -0.39 is 18.5 Å². The molecule has 0 unspecified atom stereocenters. The van der Waals surface area contributed by atoms with E-state index >= 15 is 0 Å². The lowest BCUT2D eigenvalue weighted by Crippen LogP contribution is -2.65. The molecule has 8 heteroatoms. The molecule has 2 rings (SSSR count). The van der Waals surface area contributed by atoms with Crippen molar-refractivity contribution in [2.24, 2.45) is 11.5 Å². The van der Waals surface area contributed by atoms with Crippen molar-refractivity contribution in [2.75, 3.05) is 27.7 Å². The van der Waals surface area contributed by atoms with Crippen molar-refractivity contribution in [1.29, 1.82) is 0 Å². The summed E-state index contributed by atoms with van der Waals surface area (Å²) in [5.41, 5.74) is 12.3. The van der Waals surface area contributed by atoms with Gasteiger partial charge in [0.25, 0.3) is 0 Å². The van der Waals surface area contributed by atoms with Gasteiger partial charge in [-0.1, -0.05) is 0 Å². The molecule has 7 N–H and O–H groups in total. The van der Waals surface area contributed by atoms with E-state index in [9.17, 15) is 5.11 Å². The van der Waals surface area contributed by atoms with Crippen molar-refractivity contribution in [2.45, 2.75) is 68.1 Å². The molecule has 0 aromatic carbocycles. The van der Waals surface area contributed by atoms with Gasteiger partial charge < -0.3 is 41.4 Å². The Bertz CT molecular complexity index is 362. The van der Waals surface area contributed by atoms with Crippen molar-refractivity contribution in [3.8, 4) is 0 Å². The third kappa shape index (κ3) is 4.40. The molecule has 0 aromatic heterocycles. The average Bonchev–Trinajstić information content (AvgIpc) is 2.53. The first-order valence-corrected chi connectivity index (χ1v) is 8.36. The van der Waals surface area contributed by atoms with Gasteiger partial charge in [-0.15, -0.1) is 0 Å². The maximum atomic E-state index is 10.6. The molecule has 23 heavy (non-hydrogen) atoms. The van der Waals surface area contributed by atoms with Gasteiger partial charge in [0.1, 0.15) is 6.10 Å². The van der Waals surface area contributed by atoms with Crippen LogP contribution in [0.25, 0.3) is 0 Å². The molecular weight excluding hydrogens is 300 g/mol. The molecule has 0 amide bonds. The first kappa shape index (κ1) is 19.0. The van der Waals surface area contributed by atoms with E-state index in [-0.39, 0.29) is 30.3 Å². The predicted molar refractivity (Wildman–Crippen MR) is 86.9 cm³/mol. The lowest BCUT2D eigenvalue weighted by Gasteiger charge is -2.45. The molecule has 1 heterocycles. The summed E-state index contributed by atoms with van der Waals surface area (Å²) in [6.45, 7) is 0.747. The molecule has 0 aromatic rings. The minimum Gasteiger partial charge on any atom is -0.389 e. The summed E-state index contributed by atoms with van der Waals surface area (Å²) in [6, 6.07) is -0.784. The number of hydrogen-bond donors (Lipinski definition) is 5. The smallest absolute Gasteiger partial charge is 0.173 e. The minimum atomic E-state index is -0.783. The number of rotatable bonds is 6. The van der Waals surface area contributed by atoms with Gasteiger partial charge in [0.05, 0.1) is 30.4 Å². The highest BCUT2D eigenvalue weighted by Crippen LogP contribution is 2.27. The number of nitrogens with two attached hydrogens (primary N) is 2. The summed E-state index contributed by atoms with van der Waals surface area (Å²) in [5, 5.41) is 16.8. The molecule has 2 aliphatic rings. The van der Waals surface area contributed by atoms with Crippen LogP contribution in [0.2, 0.25) is 0 Å². The van der Waals surface area contributed by atoms with Gasteiger partial charge in [-0.05, 0) is 33.4 Å². The number of likely N-dealkylation sites (N-methyl/N-ethyl adjacent to an activating group) is 2. The number of methoxy groups -OCH3 is 1. The maximum absolute atomic E-state index is 10.6. The molecule has 1 saturated heterocycles. The van der Waals surface area contributed by atoms with E-state index in [2.05, 4.69) is 10.6 Å². The summed E-state index contributed by atoms with van der Waals surface area (Å²) >= 11 is 0. The molecule has 1 aliphatic carbocycles. The molecule has 8 nitrogen and oxygen atoms in total. The molecule has 0 bridgehead atoms. The summed E-state index contributed by atoms with van der Waals surface area (Å²) in [4.78, 5) is 0. The lowest BCUT2D eigenvalue weighted by atomic mass is 9.84. The molecule has 1 aliphatic heterocycles. The van der Waals surface area contributed by atoms with Crippen LogP contribution in [0.5, 0.6) is 0 Å². The van der Waals surface area contributed by atoms with Crippen LogP contribution in [0, 0.1) is 0 Å². The van der Waals surface area contributed by atoms with Crippen molar-refractivity contribution in [3.63, 3.8) is 0 Å². The number of aliphatic hydroxyl groups excluding tert-OH is 1.